The number of benzene rings is 2. The quantitative estimate of drug-likeness (QED) is 0.198. The third-order valence-corrected chi connectivity index (χ3v) is 9.16. The highest BCUT2D eigenvalue weighted by atomic mass is 19.4. The minimum atomic E-state index is -4.85. The van der Waals surface area contributed by atoms with Crippen molar-refractivity contribution in [3.63, 3.8) is 0 Å². The van der Waals surface area contributed by atoms with Crippen molar-refractivity contribution in [2.45, 2.75) is 58.0 Å². The van der Waals surface area contributed by atoms with E-state index in [4.69, 9.17) is 10.5 Å². The summed E-state index contributed by atoms with van der Waals surface area (Å²) in [6.45, 7) is 5.16. The number of carbonyl (C=O) groups is 2. The summed E-state index contributed by atoms with van der Waals surface area (Å²) in [4.78, 5) is 33.0. The zero-order valence-corrected chi connectivity index (χ0v) is 27.0. The number of nitrogens with one attached hydrogen (secondary N) is 2. The van der Waals surface area contributed by atoms with E-state index in [0.29, 0.717) is 62.5 Å². The van der Waals surface area contributed by atoms with Crippen molar-refractivity contribution in [1.29, 1.82) is 0 Å². The highest BCUT2D eigenvalue weighted by Gasteiger charge is 2.46. The van der Waals surface area contributed by atoms with Gasteiger partial charge in [-0.1, -0.05) is 36.4 Å². The van der Waals surface area contributed by atoms with E-state index >= 15 is 0 Å². The third-order valence-electron chi connectivity index (χ3n) is 9.16. The van der Waals surface area contributed by atoms with Crippen molar-refractivity contribution < 1.29 is 32.6 Å². The predicted octanol–water partition coefficient (Wildman–Crippen LogP) is 4.57. The molecule has 0 unspecified atom stereocenters. The molecule has 15 heteroatoms. The number of nitrogens with two attached hydrogens (primary N) is 1. The summed E-state index contributed by atoms with van der Waals surface area (Å²) in [6.07, 6.45) is -3.80. The molecule has 0 radical (unpaired) electrons. The number of halogens is 3. The van der Waals surface area contributed by atoms with Crippen molar-refractivity contribution in [2.24, 2.45) is 5.41 Å². The molecular weight excluding hydrogens is 641 g/mol. The standard InChI is InChI=1S/C34H37F3N8O4/c1-20-9-12-45(43-20)27-15-24(23-5-3-22(4-6-23)18-39-21(2)46)7-8-25(27)30(34(35,36)37)49-29-16-28(41-32(38)42-29)44-13-10-33(11-14-44)17-26(31(47)48)40-19-33/h3-9,12,15-16,26,30,40H,10-11,13-14,17-19H2,1-2H3,(H,39,46)(H,47,48)(H2,38,41,42)/t26-,30+/m0/s1. The predicted molar refractivity (Wildman–Crippen MR) is 175 cm³/mol. The lowest BCUT2D eigenvalue weighted by Gasteiger charge is -2.39. The monoisotopic (exact) mass is 678 g/mol. The van der Waals surface area contributed by atoms with Crippen LogP contribution >= 0.6 is 0 Å². The average molecular weight is 679 g/mol. The van der Waals surface area contributed by atoms with Crippen LogP contribution in [0.15, 0.2) is 60.8 Å². The molecule has 258 valence electrons. The maximum Gasteiger partial charge on any atom is 0.429 e. The Balaban J connectivity index is 1.28. The maximum absolute atomic E-state index is 14.9. The Hall–Kier alpha value is -5.18. The van der Waals surface area contributed by atoms with Crippen molar-refractivity contribution in [3.05, 3.63) is 77.6 Å². The second kappa shape index (κ2) is 13.4. The van der Waals surface area contributed by atoms with E-state index in [1.54, 1.807) is 31.3 Å². The third kappa shape index (κ3) is 7.61. The Labute approximate surface area is 280 Å². The Kier molecular flexibility index (Phi) is 9.20. The number of carbonyl (C=O) groups excluding carboxylic acids is 1. The number of nitrogens with zero attached hydrogens (tertiary/aromatic N) is 5. The van der Waals surface area contributed by atoms with Gasteiger partial charge in [0.05, 0.1) is 11.4 Å². The number of hydrogen-bond donors (Lipinski definition) is 4. The van der Waals surface area contributed by atoms with E-state index in [0.717, 1.165) is 11.1 Å². The number of piperidine rings is 1. The summed E-state index contributed by atoms with van der Waals surface area (Å²) in [5.74, 6) is -1.26. The van der Waals surface area contributed by atoms with Gasteiger partial charge in [-0.25, -0.2) is 4.68 Å². The van der Waals surface area contributed by atoms with Gasteiger partial charge in [0.15, 0.2) is 0 Å². The Bertz CT molecular complexity index is 1840. The number of hydrogen-bond acceptors (Lipinski definition) is 9. The van der Waals surface area contributed by atoms with Crippen molar-refractivity contribution in [2.75, 3.05) is 30.3 Å². The number of anilines is 2. The van der Waals surface area contributed by atoms with Crippen LogP contribution in [0.3, 0.4) is 0 Å². The van der Waals surface area contributed by atoms with Gasteiger partial charge in [-0.15, -0.1) is 0 Å². The molecule has 2 fully saturated rings. The molecule has 2 aromatic carbocycles. The fraction of sp³-hybridized carbons (Fsp3) is 0.382. The van der Waals surface area contributed by atoms with Gasteiger partial charge in [0.25, 0.3) is 0 Å². The summed E-state index contributed by atoms with van der Waals surface area (Å²) in [5, 5.41) is 19.6. The highest BCUT2D eigenvalue weighted by Crippen LogP contribution is 2.43. The topological polar surface area (TPSA) is 161 Å². The van der Waals surface area contributed by atoms with Crippen LogP contribution < -0.4 is 26.0 Å². The van der Waals surface area contributed by atoms with Gasteiger partial charge in [-0.2, -0.15) is 28.2 Å². The van der Waals surface area contributed by atoms with Crippen molar-refractivity contribution in [1.82, 2.24) is 30.4 Å². The smallest absolute Gasteiger partial charge is 0.429 e. The number of aromatic nitrogens is 4. The Morgan fingerprint density at radius 1 is 1.10 bits per heavy atom. The van der Waals surface area contributed by atoms with Crippen LogP contribution in [-0.4, -0.2) is 68.6 Å². The molecule has 12 nitrogen and oxygen atoms in total. The van der Waals surface area contributed by atoms with Gasteiger partial charge in [0.1, 0.15) is 11.9 Å². The number of aliphatic carboxylic acids is 1. The zero-order chi connectivity index (χ0) is 34.9. The molecule has 1 spiro atoms. The molecule has 2 atom stereocenters. The molecule has 0 aliphatic carbocycles. The summed E-state index contributed by atoms with van der Waals surface area (Å²) in [6, 6.07) is 14.4. The van der Waals surface area contributed by atoms with E-state index in [1.807, 2.05) is 29.2 Å². The molecule has 4 aromatic rings. The maximum atomic E-state index is 14.9. The van der Waals surface area contributed by atoms with E-state index in [2.05, 4.69) is 25.7 Å². The van der Waals surface area contributed by atoms with Crippen LogP contribution in [0.25, 0.3) is 16.8 Å². The van der Waals surface area contributed by atoms with Crippen LogP contribution in [0.2, 0.25) is 0 Å². The van der Waals surface area contributed by atoms with Gasteiger partial charge >= 0.3 is 12.1 Å². The van der Waals surface area contributed by atoms with Crippen molar-refractivity contribution >= 4 is 23.6 Å². The molecule has 2 aliphatic rings. The van der Waals surface area contributed by atoms with E-state index < -0.39 is 24.3 Å². The number of nitrogen functional groups attached to an aromatic ring is 1. The van der Waals surface area contributed by atoms with Gasteiger partial charge in [0, 0.05) is 50.9 Å². The first-order valence-electron chi connectivity index (χ1n) is 15.9. The molecule has 49 heavy (non-hydrogen) atoms. The van der Waals surface area contributed by atoms with E-state index in [9.17, 15) is 27.9 Å². The van der Waals surface area contributed by atoms with Gasteiger partial charge in [-0.05, 0) is 60.4 Å². The molecule has 2 aliphatic heterocycles. The minimum Gasteiger partial charge on any atom is -0.480 e. The van der Waals surface area contributed by atoms with Crippen LogP contribution in [-0.2, 0) is 16.1 Å². The van der Waals surface area contributed by atoms with Crippen LogP contribution in [0.5, 0.6) is 5.88 Å². The molecular formula is C34H37F3N8O4. The van der Waals surface area contributed by atoms with Crippen LogP contribution in [0, 0.1) is 12.3 Å². The average Bonchev–Trinajstić information content (AvgIpc) is 3.69. The second-order valence-electron chi connectivity index (χ2n) is 12.7. The largest absolute Gasteiger partial charge is 0.480 e. The molecule has 5 N–H and O–H groups in total. The van der Waals surface area contributed by atoms with Gasteiger partial charge in [0.2, 0.25) is 23.8 Å². The molecule has 4 heterocycles. The van der Waals surface area contributed by atoms with Gasteiger partial charge in [-0.3, -0.25) is 9.59 Å². The minimum absolute atomic E-state index is 0.153. The molecule has 2 aromatic heterocycles. The Morgan fingerprint density at radius 2 is 1.82 bits per heavy atom. The summed E-state index contributed by atoms with van der Waals surface area (Å²) in [5.41, 5.74) is 8.72. The number of carboxylic acid groups (broad SMARTS) is 1. The first-order chi connectivity index (χ1) is 23.3. The fourth-order valence-electron chi connectivity index (χ4n) is 6.50. The lowest BCUT2D eigenvalue weighted by Crippen LogP contribution is -2.41. The lowest BCUT2D eigenvalue weighted by atomic mass is 9.76. The summed E-state index contributed by atoms with van der Waals surface area (Å²) < 4.78 is 51.7. The van der Waals surface area contributed by atoms with Crippen LogP contribution in [0.1, 0.15) is 49.1 Å². The molecule has 0 bridgehead atoms. The molecule has 2 saturated heterocycles. The molecule has 6 rings (SSSR count). The number of ether oxygens (including phenoxy) is 1. The van der Waals surface area contributed by atoms with E-state index in [1.165, 1.54) is 23.7 Å². The first-order valence-corrected chi connectivity index (χ1v) is 15.9. The number of aryl methyl sites for hydroxylation is 1. The lowest BCUT2D eigenvalue weighted by molar-refractivity contribution is -0.198. The van der Waals surface area contributed by atoms with E-state index in [-0.39, 0.29) is 34.4 Å². The number of alkyl halides is 3. The SMILES string of the molecule is CC(=O)NCc1ccc(-c2ccc([C@@H](Oc3cc(N4CCC5(CC4)CN[C@H](C(=O)O)C5)nc(N)n3)C(F)(F)F)c(-n3ccc(C)n3)c2)cc1. The number of carboxylic acids is 1. The normalized spacial score (nSPS) is 18.0. The molecule has 0 saturated carbocycles. The number of rotatable bonds is 9. The van der Waals surface area contributed by atoms with Crippen molar-refractivity contribution in [3.8, 4) is 22.7 Å². The fourth-order valence-corrected chi connectivity index (χ4v) is 6.50. The zero-order valence-electron chi connectivity index (χ0n) is 27.0. The summed E-state index contributed by atoms with van der Waals surface area (Å²) >= 11 is 0. The second-order valence-corrected chi connectivity index (χ2v) is 12.7. The van der Waals surface area contributed by atoms with Gasteiger partial charge < -0.3 is 31.1 Å². The first kappa shape index (κ1) is 33.7. The highest BCUT2D eigenvalue weighted by molar-refractivity contribution is 5.74. The summed E-state index contributed by atoms with van der Waals surface area (Å²) in [7, 11) is 0. The van der Waals surface area contributed by atoms with Crippen LogP contribution in [0.4, 0.5) is 24.9 Å². The Morgan fingerprint density at radius 3 is 2.43 bits per heavy atom. The number of amides is 1. The molecule has 1 amide bonds.